The van der Waals surface area contributed by atoms with E-state index < -0.39 is 86.8 Å². The fraction of sp³-hybridized carbons (Fsp3) is 0.937. The van der Waals surface area contributed by atoms with Crippen LogP contribution in [-0.4, -0.2) is 140 Å². The summed E-state index contributed by atoms with van der Waals surface area (Å²) in [5.74, 6) is -0.231. The van der Waals surface area contributed by atoms with Crippen LogP contribution in [0.4, 0.5) is 0 Å². The molecule has 14 nitrogen and oxygen atoms in total. The van der Waals surface area contributed by atoms with E-state index in [-0.39, 0.29) is 18.9 Å². The van der Waals surface area contributed by atoms with Gasteiger partial charge in [0.05, 0.1) is 32.0 Å². The van der Waals surface area contributed by atoms with Gasteiger partial charge in [0.1, 0.15) is 48.8 Å². The van der Waals surface area contributed by atoms with E-state index in [1.165, 1.54) is 315 Å². The number of amides is 1. The molecule has 0 spiro atoms. The summed E-state index contributed by atoms with van der Waals surface area (Å²) in [4.78, 5) is 13.4. The van der Waals surface area contributed by atoms with Crippen molar-refractivity contribution in [3.63, 3.8) is 0 Å². The number of unbranched alkanes of at least 4 members (excludes halogenated alkanes) is 53. The second kappa shape index (κ2) is 63.9. The topological polar surface area (TPSA) is 228 Å². The van der Waals surface area contributed by atoms with Gasteiger partial charge in [-0.3, -0.25) is 4.79 Å². The molecule has 1 amide bonds. The van der Waals surface area contributed by atoms with Crippen LogP contribution < -0.4 is 5.32 Å². The van der Waals surface area contributed by atoms with Gasteiger partial charge in [-0.1, -0.05) is 353 Å². The largest absolute Gasteiger partial charge is 0.394 e. The first-order valence-electron chi connectivity index (χ1n) is 40.1. The van der Waals surface area contributed by atoms with Crippen LogP contribution in [0.15, 0.2) is 24.3 Å². The van der Waals surface area contributed by atoms with E-state index in [9.17, 15) is 45.6 Å². The highest BCUT2D eigenvalue weighted by molar-refractivity contribution is 5.76. The van der Waals surface area contributed by atoms with Gasteiger partial charge in [-0.15, -0.1) is 0 Å². The summed E-state index contributed by atoms with van der Waals surface area (Å²) >= 11 is 0. The Hall–Kier alpha value is -1.53. The first-order valence-corrected chi connectivity index (χ1v) is 40.1. The Kier molecular flexibility index (Phi) is 60.1. The van der Waals surface area contributed by atoms with Crippen LogP contribution in [0.3, 0.4) is 0 Å². The molecule has 9 N–H and O–H groups in total. The van der Waals surface area contributed by atoms with Gasteiger partial charge >= 0.3 is 0 Å². The summed E-state index contributed by atoms with van der Waals surface area (Å²) < 4.78 is 22.9. The van der Waals surface area contributed by atoms with Crippen molar-refractivity contribution in [2.45, 2.75) is 453 Å². The van der Waals surface area contributed by atoms with Crippen LogP contribution in [-0.2, 0) is 23.7 Å². The monoisotopic (exact) mass is 1320 g/mol. The van der Waals surface area contributed by atoms with E-state index in [1.807, 2.05) is 6.08 Å². The van der Waals surface area contributed by atoms with E-state index >= 15 is 0 Å². The first kappa shape index (κ1) is 87.6. The highest BCUT2D eigenvalue weighted by Gasteiger charge is 2.51. The quantitative estimate of drug-likeness (QED) is 0.0204. The fourth-order valence-corrected chi connectivity index (χ4v) is 13.5. The van der Waals surface area contributed by atoms with E-state index in [0.29, 0.717) is 6.42 Å². The minimum atomic E-state index is -1.79. The first-order chi connectivity index (χ1) is 45.6. The predicted octanol–water partition coefficient (Wildman–Crippen LogP) is 17.9. The number of hydrogen-bond acceptors (Lipinski definition) is 13. The molecular formula is C79H151NO13. The molecule has 0 aromatic rings. The number of allylic oxidation sites excluding steroid dienone is 3. The molecular weight excluding hydrogens is 1170 g/mol. The van der Waals surface area contributed by atoms with Crippen molar-refractivity contribution in [3.05, 3.63) is 24.3 Å². The van der Waals surface area contributed by atoms with Gasteiger partial charge in [-0.2, -0.15) is 0 Å². The Balaban J connectivity index is 1.54. The van der Waals surface area contributed by atoms with Crippen molar-refractivity contribution in [1.82, 2.24) is 5.32 Å². The maximum Gasteiger partial charge on any atom is 0.220 e. The van der Waals surface area contributed by atoms with Crippen LogP contribution in [0.1, 0.15) is 380 Å². The zero-order valence-corrected chi connectivity index (χ0v) is 60.3. The number of ether oxygens (including phenoxy) is 4. The van der Waals surface area contributed by atoms with Gasteiger partial charge in [-0.25, -0.2) is 0 Å². The van der Waals surface area contributed by atoms with Crippen molar-refractivity contribution in [3.8, 4) is 0 Å². The van der Waals surface area contributed by atoms with E-state index in [1.54, 1.807) is 6.08 Å². The molecule has 0 aromatic heterocycles. The molecule has 0 bridgehead atoms. The lowest BCUT2D eigenvalue weighted by Crippen LogP contribution is -2.65. The maximum atomic E-state index is 13.4. The second-order valence-electron chi connectivity index (χ2n) is 28.5. The molecule has 2 heterocycles. The molecule has 550 valence electrons. The van der Waals surface area contributed by atoms with Crippen LogP contribution in [0, 0.1) is 0 Å². The van der Waals surface area contributed by atoms with Gasteiger partial charge < -0.3 is 65.1 Å². The minimum Gasteiger partial charge on any atom is -0.394 e. The van der Waals surface area contributed by atoms with Gasteiger partial charge in [0.2, 0.25) is 5.91 Å². The van der Waals surface area contributed by atoms with E-state index in [2.05, 4.69) is 31.3 Å². The average molecular weight is 1320 g/mol. The molecule has 93 heavy (non-hydrogen) atoms. The van der Waals surface area contributed by atoms with Crippen molar-refractivity contribution in [2.75, 3.05) is 19.8 Å². The molecule has 2 rings (SSSR count). The molecule has 12 unspecified atom stereocenters. The Labute approximate surface area is 570 Å². The summed E-state index contributed by atoms with van der Waals surface area (Å²) in [6.45, 7) is 2.86. The van der Waals surface area contributed by atoms with Crippen molar-refractivity contribution >= 4 is 5.91 Å². The number of aliphatic hydroxyl groups is 8. The Bertz CT molecular complexity index is 1650. The Morgan fingerprint density at radius 1 is 0.376 bits per heavy atom. The van der Waals surface area contributed by atoms with Crippen molar-refractivity contribution in [2.24, 2.45) is 0 Å². The lowest BCUT2D eigenvalue weighted by atomic mass is 9.97. The lowest BCUT2D eigenvalue weighted by molar-refractivity contribution is -0.359. The second-order valence-corrected chi connectivity index (χ2v) is 28.5. The third kappa shape index (κ3) is 47.2. The van der Waals surface area contributed by atoms with Crippen molar-refractivity contribution < 1.29 is 64.6 Å². The van der Waals surface area contributed by atoms with Crippen LogP contribution >= 0.6 is 0 Å². The Morgan fingerprint density at radius 2 is 0.677 bits per heavy atom. The molecule has 2 aliphatic rings. The molecule has 12 atom stereocenters. The molecule has 0 radical (unpaired) electrons. The van der Waals surface area contributed by atoms with E-state index in [0.717, 1.165) is 38.5 Å². The van der Waals surface area contributed by atoms with Crippen LogP contribution in [0.2, 0.25) is 0 Å². The number of aliphatic hydroxyl groups excluding tert-OH is 8. The highest BCUT2D eigenvalue weighted by atomic mass is 16.7. The molecule has 0 aromatic carbocycles. The van der Waals surface area contributed by atoms with Crippen molar-refractivity contribution in [1.29, 1.82) is 0 Å². The normalized spacial score (nSPS) is 22.6. The molecule has 2 saturated heterocycles. The molecule has 14 heteroatoms. The van der Waals surface area contributed by atoms with Gasteiger partial charge in [0.15, 0.2) is 12.6 Å². The number of hydrogen-bond donors (Lipinski definition) is 9. The molecule has 2 aliphatic heterocycles. The average Bonchev–Trinajstić information content (AvgIpc) is 0.958. The minimum absolute atomic E-state index is 0.231. The van der Waals surface area contributed by atoms with Crippen LogP contribution in [0.5, 0.6) is 0 Å². The number of carbonyl (C=O) groups is 1. The number of carbonyl (C=O) groups excluding carboxylic acids is 1. The van der Waals surface area contributed by atoms with Crippen LogP contribution in [0.25, 0.3) is 0 Å². The summed E-state index contributed by atoms with van der Waals surface area (Å²) in [6, 6.07) is -0.912. The maximum absolute atomic E-state index is 13.4. The van der Waals surface area contributed by atoms with E-state index in [4.69, 9.17) is 18.9 Å². The lowest BCUT2D eigenvalue weighted by Gasteiger charge is -2.46. The van der Waals surface area contributed by atoms with Gasteiger partial charge in [0, 0.05) is 6.42 Å². The smallest absolute Gasteiger partial charge is 0.220 e. The molecule has 0 aliphatic carbocycles. The third-order valence-corrected chi connectivity index (χ3v) is 19.9. The predicted molar refractivity (Wildman–Crippen MR) is 383 cm³/mol. The standard InChI is InChI=1S/C79H151NO13/c1-3-5-7-9-11-13-15-17-19-21-23-24-25-26-27-28-29-30-31-32-33-34-35-36-37-38-39-40-41-42-43-44-45-47-49-51-53-55-57-59-61-63-71(84)80-67(68(83)62-60-58-56-54-52-50-48-46-22-20-18-16-14-12-10-8-6-4-2)66-90-78-76(89)74(87)77(70(65-82)92-78)93-79-75(88)73(86)72(85)69(64-81)91-79/h21,23,60,62,67-70,72-79,81-83,85-89H,3-20,22,24-59,61,63-66H2,1-2H3,(H,80,84)/b23-21-,62-60+. The fourth-order valence-electron chi connectivity index (χ4n) is 13.5. The summed E-state index contributed by atoms with van der Waals surface area (Å²) in [5.41, 5.74) is 0. The van der Waals surface area contributed by atoms with Gasteiger partial charge in [0.25, 0.3) is 0 Å². The third-order valence-electron chi connectivity index (χ3n) is 19.9. The highest BCUT2D eigenvalue weighted by Crippen LogP contribution is 2.30. The SMILES string of the molecule is CCCCCCCCCC/C=C\CCCCCCCCCCCCCCCCCCCCCCCCCCCCCCCC(=O)NC(COC1OC(CO)C(OC2OC(CO)C(O)C(O)C2O)C(O)C1O)C(O)/C=C/CCCCCCCCCCCCCCCCCC. The zero-order chi connectivity index (χ0) is 67.3. The zero-order valence-electron chi connectivity index (χ0n) is 60.3. The summed E-state index contributed by atoms with van der Waals surface area (Å²) in [7, 11) is 0. The Morgan fingerprint density at radius 3 is 1.02 bits per heavy atom. The van der Waals surface area contributed by atoms with Gasteiger partial charge in [-0.05, 0) is 44.9 Å². The number of rotatable bonds is 68. The summed E-state index contributed by atoms with van der Waals surface area (Å²) in [5, 5.41) is 87.5. The summed E-state index contributed by atoms with van der Waals surface area (Å²) in [6.07, 6.45) is 65.7. The number of nitrogens with one attached hydrogen (secondary N) is 1. The molecule has 2 fully saturated rings. The molecule has 0 saturated carbocycles.